The molecule has 1 aliphatic rings. The minimum Gasteiger partial charge on any atom is -0.464 e. The predicted octanol–water partition coefficient (Wildman–Crippen LogP) is 3.33. The molecule has 2 rings (SSSR count). The number of ether oxygens (including phenoxy) is 1. The highest BCUT2D eigenvalue weighted by molar-refractivity contribution is 8.18. The second-order valence-corrected chi connectivity index (χ2v) is 5.90. The van der Waals surface area contributed by atoms with Gasteiger partial charge in [0.15, 0.2) is 0 Å². The maximum absolute atomic E-state index is 12.3. The number of nitrogens with zero attached hydrogens (tertiary/aromatic N) is 1. The fourth-order valence-electron chi connectivity index (χ4n) is 1.92. The molecule has 1 aliphatic heterocycles. The van der Waals surface area contributed by atoms with Gasteiger partial charge in [-0.05, 0) is 43.3 Å². The van der Waals surface area contributed by atoms with Crippen LogP contribution in [0, 0.1) is 0 Å². The number of esters is 1. The lowest BCUT2D eigenvalue weighted by atomic mass is 10.2. The summed E-state index contributed by atoms with van der Waals surface area (Å²) in [6.45, 7) is 3.32. The maximum atomic E-state index is 12.3. The Balaban J connectivity index is 2.26. The van der Waals surface area contributed by atoms with Crippen molar-refractivity contribution in [1.29, 1.82) is 0 Å². The van der Waals surface area contributed by atoms with Gasteiger partial charge in [0.1, 0.15) is 6.04 Å². The van der Waals surface area contributed by atoms with Crippen LogP contribution in [0.25, 0.3) is 6.08 Å². The minimum atomic E-state index is -0.954. The number of carbonyl (C=O) groups excluding carboxylic acids is 3. The lowest BCUT2D eigenvalue weighted by Crippen LogP contribution is -2.42. The third-order valence-electron chi connectivity index (χ3n) is 3.03. The zero-order chi connectivity index (χ0) is 16.3. The smallest absolute Gasteiger partial charge is 0.329 e. The molecule has 1 saturated heterocycles. The largest absolute Gasteiger partial charge is 0.464 e. The first-order chi connectivity index (χ1) is 10.5. The van der Waals surface area contributed by atoms with E-state index in [4.69, 9.17) is 16.3 Å². The van der Waals surface area contributed by atoms with Gasteiger partial charge in [0.25, 0.3) is 11.1 Å². The number of hydrogen-bond acceptors (Lipinski definition) is 5. The monoisotopic (exact) mass is 339 g/mol. The summed E-state index contributed by atoms with van der Waals surface area (Å²) in [5.41, 5.74) is 0.637. The number of amides is 2. The van der Waals surface area contributed by atoms with Crippen molar-refractivity contribution < 1.29 is 19.1 Å². The van der Waals surface area contributed by atoms with E-state index >= 15 is 0 Å². The third-order valence-corrected chi connectivity index (χ3v) is 4.26. The van der Waals surface area contributed by atoms with Crippen LogP contribution in [0.4, 0.5) is 4.79 Å². The summed E-state index contributed by atoms with van der Waals surface area (Å²) in [5.74, 6) is -1.13. The highest BCUT2D eigenvalue weighted by atomic mass is 35.5. The molecule has 1 atom stereocenters. The first kappa shape index (κ1) is 16.6. The molecule has 7 heteroatoms. The molecular formula is C15H14ClNO4S. The van der Waals surface area contributed by atoms with E-state index in [1.165, 1.54) is 6.92 Å². The summed E-state index contributed by atoms with van der Waals surface area (Å²) in [6.07, 6.45) is 1.55. The van der Waals surface area contributed by atoms with E-state index in [9.17, 15) is 14.4 Å². The molecule has 1 fully saturated rings. The molecule has 1 aromatic rings. The van der Waals surface area contributed by atoms with Crippen LogP contribution in [-0.2, 0) is 14.3 Å². The van der Waals surface area contributed by atoms with Crippen molar-refractivity contribution in [2.45, 2.75) is 19.9 Å². The second-order valence-electron chi connectivity index (χ2n) is 4.50. The van der Waals surface area contributed by atoms with Gasteiger partial charge in [0.05, 0.1) is 11.5 Å². The molecule has 5 nitrogen and oxygen atoms in total. The summed E-state index contributed by atoms with van der Waals surface area (Å²) in [5, 5.41) is -0.0170. The van der Waals surface area contributed by atoms with E-state index in [1.807, 2.05) is 0 Å². The lowest BCUT2D eigenvalue weighted by Gasteiger charge is -2.19. The van der Waals surface area contributed by atoms with Crippen LogP contribution in [0.1, 0.15) is 19.4 Å². The Kier molecular flexibility index (Phi) is 5.26. The number of thioether (sulfide) groups is 1. The Morgan fingerprint density at radius 2 is 2.09 bits per heavy atom. The van der Waals surface area contributed by atoms with Crippen LogP contribution in [0.15, 0.2) is 29.2 Å². The first-order valence-electron chi connectivity index (χ1n) is 6.64. The van der Waals surface area contributed by atoms with Crippen LogP contribution in [-0.4, -0.2) is 34.7 Å². The zero-order valence-corrected chi connectivity index (χ0v) is 13.6. The molecular weight excluding hydrogens is 326 g/mol. The van der Waals surface area contributed by atoms with E-state index in [0.717, 1.165) is 16.7 Å². The van der Waals surface area contributed by atoms with Gasteiger partial charge in [-0.15, -0.1) is 0 Å². The summed E-state index contributed by atoms with van der Waals surface area (Å²) >= 11 is 6.82. The van der Waals surface area contributed by atoms with Crippen molar-refractivity contribution >= 4 is 46.6 Å². The lowest BCUT2D eigenvalue weighted by molar-refractivity contribution is -0.150. The second kappa shape index (κ2) is 6.98. The Labute approximate surface area is 137 Å². The van der Waals surface area contributed by atoms with Gasteiger partial charge < -0.3 is 4.74 Å². The highest BCUT2D eigenvalue weighted by Crippen LogP contribution is 2.34. The number of hydrogen-bond donors (Lipinski definition) is 0. The molecule has 0 aliphatic carbocycles. The van der Waals surface area contributed by atoms with Gasteiger partial charge in [0, 0.05) is 5.02 Å². The molecule has 1 heterocycles. The van der Waals surface area contributed by atoms with Crippen LogP contribution in [0.5, 0.6) is 0 Å². The number of imide groups is 1. The normalized spacial score (nSPS) is 18.0. The maximum Gasteiger partial charge on any atom is 0.329 e. The number of rotatable bonds is 4. The minimum absolute atomic E-state index is 0.189. The van der Waals surface area contributed by atoms with Crippen molar-refractivity contribution in [3.8, 4) is 0 Å². The number of carbonyl (C=O) groups is 3. The quantitative estimate of drug-likeness (QED) is 0.622. The van der Waals surface area contributed by atoms with Crippen molar-refractivity contribution in [2.75, 3.05) is 6.61 Å². The fourth-order valence-corrected chi connectivity index (χ4v) is 3.00. The van der Waals surface area contributed by atoms with E-state index in [2.05, 4.69) is 0 Å². The Hall–Kier alpha value is -1.79. The van der Waals surface area contributed by atoms with E-state index in [1.54, 1.807) is 37.3 Å². The third kappa shape index (κ3) is 3.34. The Morgan fingerprint density at radius 1 is 1.41 bits per heavy atom. The van der Waals surface area contributed by atoms with E-state index < -0.39 is 23.2 Å². The van der Waals surface area contributed by atoms with Gasteiger partial charge in [-0.3, -0.25) is 14.5 Å². The molecule has 116 valence electrons. The van der Waals surface area contributed by atoms with Gasteiger partial charge in [-0.1, -0.05) is 29.8 Å². The van der Waals surface area contributed by atoms with Crippen LogP contribution in [0.3, 0.4) is 0 Å². The summed E-state index contributed by atoms with van der Waals surface area (Å²) in [6, 6.07) is 6.03. The van der Waals surface area contributed by atoms with Crippen molar-refractivity contribution in [1.82, 2.24) is 4.90 Å². The topological polar surface area (TPSA) is 63.7 Å². The molecule has 0 N–H and O–H groups in total. The Morgan fingerprint density at radius 3 is 2.73 bits per heavy atom. The van der Waals surface area contributed by atoms with Gasteiger partial charge in [-0.25, -0.2) is 4.79 Å². The molecule has 0 aromatic heterocycles. The standard InChI is InChI=1S/C15H14ClNO4S/c1-3-21-14(19)9(2)17-13(18)12(22-15(17)20)8-10-6-4-5-7-11(10)16/h4-9H,3H2,1-2H3/b12-8+/t9-/m1/s1. The molecule has 22 heavy (non-hydrogen) atoms. The van der Waals surface area contributed by atoms with Crippen LogP contribution < -0.4 is 0 Å². The number of benzene rings is 1. The average Bonchev–Trinajstić information content (AvgIpc) is 2.75. The average molecular weight is 340 g/mol. The summed E-state index contributed by atoms with van der Waals surface area (Å²) in [7, 11) is 0. The van der Waals surface area contributed by atoms with Crippen molar-refractivity contribution in [3.05, 3.63) is 39.8 Å². The molecule has 0 spiro atoms. The van der Waals surface area contributed by atoms with E-state index in [0.29, 0.717) is 10.6 Å². The first-order valence-corrected chi connectivity index (χ1v) is 7.83. The van der Waals surface area contributed by atoms with Crippen LogP contribution in [0.2, 0.25) is 5.02 Å². The molecule has 1 aromatic carbocycles. The van der Waals surface area contributed by atoms with Gasteiger partial charge in [0.2, 0.25) is 0 Å². The van der Waals surface area contributed by atoms with E-state index in [-0.39, 0.29) is 11.5 Å². The highest BCUT2D eigenvalue weighted by Gasteiger charge is 2.41. The molecule has 0 bridgehead atoms. The Bertz CT molecular complexity index is 659. The molecule has 0 radical (unpaired) electrons. The molecule has 0 unspecified atom stereocenters. The van der Waals surface area contributed by atoms with Gasteiger partial charge >= 0.3 is 5.97 Å². The van der Waals surface area contributed by atoms with Crippen molar-refractivity contribution in [2.24, 2.45) is 0 Å². The SMILES string of the molecule is CCOC(=O)[C@@H](C)N1C(=O)S/C(=C/c2ccccc2Cl)C1=O. The predicted molar refractivity (Wildman–Crippen MR) is 85.4 cm³/mol. The zero-order valence-electron chi connectivity index (χ0n) is 12.0. The number of halogens is 1. The van der Waals surface area contributed by atoms with Crippen molar-refractivity contribution in [3.63, 3.8) is 0 Å². The van der Waals surface area contributed by atoms with Gasteiger partial charge in [-0.2, -0.15) is 0 Å². The summed E-state index contributed by atoms with van der Waals surface area (Å²) in [4.78, 5) is 37.2. The summed E-state index contributed by atoms with van der Waals surface area (Å²) < 4.78 is 4.85. The molecule has 0 saturated carbocycles. The fraction of sp³-hybridized carbons (Fsp3) is 0.267. The molecule has 2 amide bonds. The van der Waals surface area contributed by atoms with Crippen LogP contribution >= 0.6 is 23.4 Å².